The highest BCUT2D eigenvalue weighted by molar-refractivity contribution is 7.98. The normalized spacial score (nSPS) is 11.9. The summed E-state index contributed by atoms with van der Waals surface area (Å²) < 4.78 is 42.2. The lowest BCUT2D eigenvalue weighted by atomic mass is 10.1. The van der Waals surface area contributed by atoms with E-state index in [1.54, 1.807) is 36.4 Å². The van der Waals surface area contributed by atoms with Crippen molar-refractivity contribution in [1.82, 2.24) is 5.32 Å². The molecule has 10 heteroatoms. The summed E-state index contributed by atoms with van der Waals surface area (Å²) in [6.07, 6.45) is 1.87. The van der Waals surface area contributed by atoms with E-state index < -0.39 is 34.2 Å². The molecular formula is C30H28FN3O4S2. The van der Waals surface area contributed by atoms with Crippen molar-refractivity contribution < 1.29 is 22.4 Å². The van der Waals surface area contributed by atoms with Crippen LogP contribution in [0.15, 0.2) is 113 Å². The number of rotatable bonds is 10. The van der Waals surface area contributed by atoms with E-state index in [1.165, 1.54) is 42.1 Å². The van der Waals surface area contributed by atoms with E-state index >= 15 is 0 Å². The van der Waals surface area contributed by atoms with Crippen molar-refractivity contribution in [2.24, 2.45) is 0 Å². The highest BCUT2D eigenvalue weighted by atomic mass is 32.2. The van der Waals surface area contributed by atoms with Crippen LogP contribution in [0.25, 0.3) is 0 Å². The van der Waals surface area contributed by atoms with Crippen molar-refractivity contribution in [1.29, 1.82) is 0 Å². The number of para-hydroxylation sites is 1. The lowest BCUT2D eigenvalue weighted by Crippen LogP contribution is -2.38. The van der Waals surface area contributed by atoms with Gasteiger partial charge in [0.05, 0.1) is 27.9 Å². The largest absolute Gasteiger partial charge is 0.345 e. The summed E-state index contributed by atoms with van der Waals surface area (Å²) in [6.45, 7) is 1.20. The molecule has 0 heterocycles. The van der Waals surface area contributed by atoms with Gasteiger partial charge in [-0.25, -0.2) is 12.8 Å². The first-order valence-corrected chi connectivity index (χ1v) is 15.0. The average Bonchev–Trinajstić information content (AvgIpc) is 2.96. The van der Waals surface area contributed by atoms with E-state index in [0.717, 1.165) is 20.8 Å². The zero-order valence-corrected chi connectivity index (χ0v) is 23.5. The number of amides is 2. The monoisotopic (exact) mass is 577 g/mol. The predicted octanol–water partition coefficient (Wildman–Crippen LogP) is 5.87. The van der Waals surface area contributed by atoms with Crippen molar-refractivity contribution in [3.8, 4) is 0 Å². The minimum atomic E-state index is -4.24. The fourth-order valence-corrected chi connectivity index (χ4v) is 5.85. The molecule has 4 aromatic carbocycles. The fraction of sp³-hybridized carbons (Fsp3) is 0.133. The SMILES string of the molecule is CSc1ccc(S(=O)(=O)N(CC(=O)Nc2ccccc2C(=O)NC(C)c2ccccc2)c2cccc(F)c2)cc1. The van der Waals surface area contributed by atoms with Gasteiger partial charge < -0.3 is 10.6 Å². The van der Waals surface area contributed by atoms with E-state index in [4.69, 9.17) is 0 Å². The van der Waals surface area contributed by atoms with E-state index in [0.29, 0.717) is 0 Å². The smallest absolute Gasteiger partial charge is 0.264 e. The molecule has 2 N–H and O–H groups in total. The maximum absolute atomic E-state index is 14.1. The maximum Gasteiger partial charge on any atom is 0.264 e. The van der Waals surface area contributed by atoms with Gasteiger partial charge in [0.1, 0.15) is 12.4 Å². The molecule has 0 saturated carbocycles. The maximum atomic E-state index is 14.1. The molecule has 4 rings (SSSR count). The fourth-order valence-electron chi connectivity index (χ4n) is 4.03. The Hall–Kier alpha value is -4.15. The van der Waals surface area contributed by atoms with Gasteiger partial charge in [-0.2, -0.15) is 0 Å². The summed E-state index contributed by atoms with van der Waals surface area (Å²) in [6, 6.07) is 26.8. The molecule has 2 amide bonds. The Morgan fingerprint density at radius 1 is 0.900 bits per heavy atom. The van der Waals surface area contributed by atoms with E-state index in [9.17, 15) is 22.4 Å². The van der Waals surface area contributed by atoms with E-state index in [2.05, 4.69) is 10.6 Å². The van der Waals surface area contributed by atoms with Crippen molar-refractivity contribution >= 4 is 45.0 Å². The van der Waals surface area contributed by atoms with Crippen LogP contribution in [0.5, 0.6) is 0 Å². The summed E-state index contributed by atoms with van der Waals surface area (Å²) in [7, 11) is -4.24. The Morgan fingerprint density at radius 3 is 2.25 bits per heavy atom. The number of carbonyl (C=O) groups is 2. The van der Waals surface area contributed by atoms with Gasteiger partial charge in [-0.1, -0.05) is 48.5 Å². The lowest BCUT2D eigenvalue weighted by Gasteiger charge is -2.24. The number of thioether (sulfide) groups is 1. The summed E-state index contributed by atoms with van der Waals surface area (Å²) in [5.41, 5.74) is 1.34. The van der Waals surface area contributed by atoms with Gasteiger partial charge in [0, 0.05) is 4.90 Å². The van der Waals surface area contributed by atoms with Crippen LogP contribution in [-0.2, 0) is 14.8 Å². The Labute approximate surface area is 237 Å². The summed E-state index contributed by atoms with van der Waals surface area (Å²) in [5, 5.41) is 5.57. The molecule has 0 aromatic heterocycles. The number of hydrogen-bond donors (Lipinski definition) is 2. The molecule has 0 aliphatic rings. The second-order valence-electron chi connectivity index (χ2n) is 8.87. The minimum absolute atomic E-state index is 0.00759. The van der Waals surface area contributed by atoms with E-state index in [1.807, 2.05) is 43.5 Å². The van der Waals surface area contributed by atoms with Gasteiger partial charge in [-0.3, -0.25) is 13.9 Å². The quantitative estimate of drug-likeness (QED) is 0.230. The van der Waals surface area contributed by atoms with Crippen LogP contribution >= 0.6 is 11.8 Å². The molecule has 0 aliphatic carbocycles. The second kappa shape index (κ2) is 12.8. The van der Waals surface area contributed by atoms with Gasteiger partial charge in [0.15, 0.2) is 0 Å². The zero-order chi connectivity index (χ0) is 28.7. The molecule has 0 radical (unpaired) electrons. The van der Waals surface area contributed by atoms with Gasteiger partial charge in [-0.05, 0) is 73.3 Å². The Bertz CT molecular complexity index is 1600. The molecular weight excluding hydrogens is 549 g/mol. The Morgan fingerprint density at radius 2 is 1.57 bits per heavy atom. The number of anilines is 2. The van der Waals surface area contributed by atoms with Crippen molar-refractivity contribution in [3.05, 3.63) is 120 Å². The first-order chi connectivity index (χ1) is 19.2. The molecule has 1 unspecified atom stereocenters. The van der Waals surface area contributed by atoms with Crippen LogP contribution in [0, 0.1) is 5.82 Å². The van der Waals surface area contributed by atoms with Gasteiger partial charge in [0.25, 0.3) is 15.9 Å². The predicted molar refractivity (Wildman–Crippen MR) is 157 cm³/mol. The molecule has 0 aliphatic heterocycles. The number of benzene rings is 4. The van der Waals surface area contributed by atoms with Crippen molar-refractivity contribution in [2.75, 3.05) is 22.4 Å². The molecule has 0 bridgehead atoms. The van der Waals surface area contributed by atoms with Crippen molar-refractivity contribution in [3.63, 3.8) is 0 Å². The summed E-state index contributed by atoms with van der Waals surface area (Å²) >= 11 is 1.46. The molecule has 0 fully saturated rings. The molecule has 40 heavy (non-hydrogen) atoms. The van der Waals surface area contributed by atoms with Crippen LogP contribution < -0.4 is 14.9 Å². The zero-order valence-electron chi connectivity index (χ0n) is 21.9. The first-order valence-electron chi connectivity index (χ1n) is 12.4. The Balaban J connectivity index is 1.58. The topological polar surface area (TPSA) is 95.6 Å². The molecule has 206 valence electrons. The number of sulfonamides is 1. The second-order valence-corrected chi connectivity index (χ2v) is 11.6. The minimum Gasteiger partial charge on any atom is -0.345 e. The van der Waals surface area contributed by atoms with Crippen LogP contribution in [0.4, 0.5) is 15.8 Å². The molecule has 7 nitrogen and oxygen atoms in total. The number of nitrogens with zero attached hydrogens (tertiary/aromatic N) is 1. The van der Waals surface area contributed by atoms with E-state index in [-0.39, 0.29) is 27.9 Å². The molecule has 0 spiro atoms. The molecule has 0 saturated heterocycles. The first kappa shape index (κ1) is 28.8. The van der Waals surface area contributed by atoms with Gasteiger partial charge in [-0.15, -0.1) is 11.8 Å². The molecule has 1 atom stereocenters. The number of hydrogen-bond acceptors (Lipinski definition) is 5. The third-order valence-corrected chi connectivity index (χ3v) is 8.66. The number of nitrogens with one attached hydrogen (secondary N) is 2. The average molecular weight is 578 g/mol. The third kappa shape index (κ3) is 6.88. The van der Waals surface area contributed by atoms with Gasteiger partial charge >= 0.3 is 0 Å². The highest BCUT2D eigenvalue weighted by Gasteiger charge is 2.28. The Kier molecular flexibility index (Phi) is 9.23. The summed E-state index contributed by atoms with van der Waals surface area (Å²) in [5.74, 6) is -1.76. The molecule has 4 aromatic rings. The van der Waals surface area contributed by atoms with Crippen LogP contribution in [0.2, 0.25) is 0 Å². The van der Waals surface area contributed by atoms with Crippen LogP contribution in [0.1, 0.15) is 28.9 Å². The van der Waals surface area contributed by atoms with Crippen LogP contribution in [-0.4, -0.2) is 33.0 Å². The highest BCUT2D eigenvalue weighted by Crippen LogP contribution is 2.26. The van der Waals surface area contributed by atoms with Gasteiger partial charge in [0.2, 0.25) is 5.91 Å². The number of carbonyl (C=O) groups excluding carboxylic acids is 2. The summed E-state index contributed by atoms with van der Waals surface area (Å²) in [4.78, 5) is 27.2. The van der Waals surface area contributed by atoms with Crippen LogP contribution in [0.3, 0.4) is 0 Å². The third-order valence-electron chi connectivity index (χ3n) is 6.12. The van der Waals surface area contributed by atoms with Crippen molar-refractivity contribution in [2.45, 2.75) is 22.8 Å². The number of halogens is 1. The lowest BCUT2D eigenvalue weighted by molar-refractivity contribution is -0.114. The standard InChI is InChI=1S/C30H28FN3O4S2/c1-21(22-9-4-3-5-10-22)32-30(36)27-13-6-7-14-28(27)33-29(35)20-34(24-12-8-11-23(31)19-24)40(37,38)26-17-15-25(39-2)16-18-26/h3-19,21H,20H2,1-2H3,(H,32,36)(H,33,35).